The number of carbonyl (C=O) groups is 6. The highest BCUT2D eigenvalue weighted by Gasteiger charge is 2.51. The third-order valence-corrected chi connectivity index (χ3v) is 11.3. The molecule has 2 saturated heterocycles. The van der Waals surface area contributed by atoms with Crippen LogP contribution < -0.4 is 32.1 Å². The summed E-state index contributed by atoms with van der Waals surface area (Å²) in [7, 11) is 2.44. The number of amides is 4. The van der Waals surface area contributed by atoms with Gasteiger partial charge in [0.2, 0.25) is 11.8 Å². The van der Waals surface area contributed by atoms with Gasteiger partial charge >= 0.3 is 11.9 Å². The Morgan fingerprint density at radius 2 is 0.980 bits per heavy atom. The van der Waals surface area contributed by atoms with Crippen molar-refractivity contribution in [1.82, 2.24) is 32.1 Å². The number of hydrogen-bond acceptors (Lipinski definition) is 12. The first-order valence-electron chi connectivity index (χ1n) is 15.9. The van der Waals surface area contributed by atoms with Gasteiger partial charge < -0.3 is 20.1 Å². The third-order valence-electron chi connectivity index (χ3n) is 8.31. The molecule has 2 fully saturated rings. The quantitative estimate of drug-likeness (QED) is 0.132. The Hall–Kier alpha value is -4.12. The van der Waals surface area contributed by atoms with Gasteiger partial charge in [0.15, 0.2) is 12.1 Å². The maximum atomic E-state index is 13.4. The molecule has 4 amide bonds. The van der Waals surface area contributed by atoms with Crippen LogP contribution in [0.4, 0.5) is 0 Å². The normalized spacial score (nSPS) is 23.1. The molecule has 0 spiro atoms. The summed E-state index contributed by atoms with van der Waals surface area (Å²) >= 11 is 2.57. The van der Waals surface area contributed by atoms with Crippen LogP contribution in [-0.4, -0.2) is 94.2 Å². The molecule has 50 heavy (non-hydrogen) atoms. The van der Waals surface area contributed by atoms with Crippen molar-refractivity contribution in [3.05, 3.63) is 71.8 Å². The van der Waals surface area contributed by atoms with E-state index < -0.39 is 68.2 Å². The van der Waals surface area contributed by atoms with Gasteiger partial charge in [-0.1, -0.05) is 60.7 Å². The molecule has 6 N–H and O–H groups in total. The third kappa shape index (κ3) is 9.77. The lowest BCUT2D eigenvalue weighted by Crippen LogP contribution is -2.61. The van der Waals surface area contributed by atoms with Crippen LogP contribution in [0, 0.1) is 0 Å². The fourth-order valence-corrected chi connectivity index (χ4v) is 8.72. The molecule has 4 rings (SSSR count). The van der Waals surface area contributed by atoms with Gasteiger partial charge in [-0.05, 0) is 38.8 Å². The van der Waals surface area contributed by atoms with E-state index in [1.807, 2.05) is 36.4 Å². The van der Waals surface area contributed by atoms with Gasteiger partial charge in [-0.2, -0.15) is 0 Å². The van der Waals surface area contributed by atoms with Gasteiger partial charge in [0.05, 0.1) is 37.8 Å². The van der Waals surface area contributed by atoms with Gasteiger partial charge in [0.25, 0.3) is 11.8 Å². The molecule has 0 radical (unpaired) electrons. The average Bonchev–Trinajstić information content (AvgIpc) is 3.58. The Balaban J connectivity index is 1.37. The van der Waals surface area contributed by atoms with Crippen LogP contribution in [0.5, 0.6) is 0 Å². The van der Waals surface area contributed by atoms with E-state index in [2.05, 4.69) is 32.1 Å². The summed E-state index contributed by atoms with van der Waals surface area (Å²) in [5.74, 6) is -3.27. The summed E-state index contributed by atoms with van der Waals surface area (Å²) in [4.78, 5) is 78.1. The molecule has 0 aromatic heterocycles. The highest BCUT2D eigenvalue weighted by atomic mass is 32.2. The number of rotatable bonds is 12. The molecule has 6 atom stereocenters. The van der Waals surface area contributed by atoms with Gasteiger partial charge in [-0.15, -0.1) is 23.5 Å². The van der Waals surface area contributed by atoms with E-state index in [0.717, 1.165) is 11.1 Å². The Morgan fingerprint density at radius 3 is 1.30 bits per heavy atom. The Labute approximate surface area is 299 Å². The number of carbonyl (C=O) groups excluding carboxylic acids is 6. The first-order valence-corrected chi connectivity index (χ1v) is 17.7. The highest BCUT2D eigenvalue weighted by molar-refractivity contribution is 8.01. The molecule has 0 unspecified atom stereocenters. The maximum Gasteiger partial charge on any atom is 0.330 e. The molecule has 2 aromatic carbocycles. The second-order valence-corrected chi connectivity index (χ2v) is 16.5. The second-order valence-electron chi connectivity index (χ2n) is 12.9. The van der Waals surface area contributed by atoms with Crippen molar-refractivity contribution >= 4 is 59.1 Å². The molecule has 2 aliphatic heterocycles. The first kappa shape index (κ1) is 38.7. The van der Waals surface area contributed by atoms with Gasteiger partial charge in [-0.3, -0.25) is 40.7 Å². The van der Waals surface area contributed by atoms with Crippen molar-refractivity contribution in [3.63, 3.8) is 0 Å². The molecule has 16 heteroatoms. The van der Waals surface area contributed by atoms with E-state index in [4.69, 9.17) is 9.47 Å². The molecule has 270 valence electrons. The van der Waals surface area contributed by atoms with Gasteiger partial charge in [0, 0.05) is 9.49 Å². The van der Waals surface area contributed by atoms with E-state index in [1.165, 1.54) is 37.7 Å². The molecule has 2 heterocycles. The summed E-state index contributed by atoms with van der Waals surface area (Å²) in [6.07, 6.45) is 0.104. The SMILES string of the molecule is COC(=O)[C@@H](NC(=O)Cc1ccccc1)[C@@H]1N[C@@H](C(=O)NNC(=O)[C@@H]2N[C@@H]([C@H](NC(=O)Cc3ccccc3)C(=O)OC)SC2(C)C)C(C)(C)S1. The fraction of sp³-hybridized carbons (Fsp3) is 0.471. The number of nitrogens with one attached hydrogen (secondary N) is 6. The molecular formula is C34H44N6O8S2. The minimum Gasteiger partial charge on any atom is -0.467 e. The smallest absolute Gasteiger partial charge is 0.330 e. The molecule has 2 aliphatic rings. The summed E-state index contributed by atoms with van der Waals surface area (Å²) in [6, 6.07) is 14.2. The number of hydrogen-bond donors (Lipinski definition) is 6. The summed E-state index contributed by atoms with van der Waals surface area (Å²) in [5.41, 5.74) is 6.50. The van der Waals surface area contributed by atoms with Crippen molar-refractivity contribution < 1.29 is 38.2 Å². The number of methoxy groups -OCH3 is 2. The molecule has 14 nitrogen and oxygen atoms in total. The van der Waals surface area contributed by atoms with Crippen molar-refractivity contribution in [2.45, 2.75) is 84.9 Å². The van der Waals surface area contributed by atoms with Crippen LogP contribution in [0.3, 0.4) is 0 Å². The molecule has 2 aromatic rings. The van der Waals surface area contributed by atoms with E-state index >= 15 is 0 Å². The van der Waals surface area contributed by atoms with E-state index in [0.29, 0.717) is 0 Å². The first-order chi connectivity index (χ1) is 23.6. The topological polar surface area (TPSA) is 193 Å². The minimum atomic E-state index is -1.10. The number of benzene rings is 2. The van der Waals surface area contributed by atoms with Gasteiger partial charge in [-0.25, -0.2) is 9.59 Å². The van der Waals surface area contributed by atoms with E-state index in [-0.39, 0.29) is 24.7 Å². The lowest BCUT2D eigenvalue weighted by Gasteiger charge is -2.26. The standard InChI is InChI=1S/C34H44N6O8S2/c1-33(2)25(37-29(49-33)23(31(45)47-5)35-21(41)17-19-13-9-7-10-14-19)27(43)39-40-28(44)26-34(3,4)50-30(38-26)24(32(46)48-6)36-22(42)18-20-15-11-8-12-16-20/h7-16,23-26,29-30,37-38H,17-18H2,1-6H3,(H,35,41)(H,36,42)(H,39,43)(H,40,44)/t23-,24-,25-,26-,29+,30+/m0/s1. The lowest BCUT2D eigenvalue weighted by atomic mass is 10.0. The maximum absolute atomic E-state index is 13.4. The van der Waals surface area contributed by atoms with E-state index in [1.54, 1.807) is 52.0 Å². The summed E-state index contributed by atoms with van der Waals surface area (Å²) < 4.78 is 8.39. The van der Waals surface area contributed by atoms with Crippen LogP contribution in [-0.2, 0) is 51.1 Å². The molecule has 0 bridgehead atoms. The number of thioether (sulfide) groups is 2. The van der Waals surface area contributed by atoms with Crippen molar-refractivity contribution in [1.29, 1.82) is 0 Å². The Bertz CT molecular complexity index is 1450. The number of ether oxygens (including phenoxy) is 2. The predicted molar refractivity (Wildman–Crippen MR) is 189 cm³/mol. The van der Waals surface area contributed by atoms with Crippen molar-refractivity contribution in [2.24, 2.45) is 0 Å². The zero-order valence-corrected chi connectivity index (χ0v) is 30.4. The monoisotopic (exact) mass is 728 g/mol. The van der Waals surface area contributed by atoms with E-state index in [9.17, 15) is 28.8 Å². The van der Waals surface area contributed by atoms with Crippen LogP contribution in [0.1, 0.15) is 38.8 Å². The molecular weight excluding hydrogens is 685 g/mol. The van der Waals surface area contributed by atoms with Crippen molar-refractivity contribution in [2.75, 3.05) is 14.2 Å². The predicted octanol–water partition coefficient (Wildman–Crippen LogP) is 0.554. The van der Waals surface area contributed by atoms with Crippen LogP contribution in [0.25, 0.3) is 0 Å². The zero-order valence-electron chi connectivity index (χ0n) is 28.7. The fourth-order valence-electron chi connectivity index (χ4n) is 5.75. The van der Waals surface area contributed by atoms with Crippen LogP contribution >= 0.6 is 23.5 Å². The largest absolute Gasteiger partial charge is 0.467 e. The van der Waals surface area contributed by atoms with Crippen molar-refractivity contribution in [3.8, 4) is 0 Å². The minimum absolute atomic E-state index is 0.0518. The Morgan fingerprint density at radius 1 is 0.640 bits per heavy atom. The van der Waals surface area contributed by atoms with Crippen LogP contribution in [0.2, 0.25) is 0 Å². The Kier molecular flexibility index (Phi) is 12.9. The second kappa shape index (κ2) is 16.7. The molecule has 0 saturated carbocycles. The highest BCUT2D eigenvalue weighted by Crippen LogP contribution is 2.40. The number of esters is 2. The summed E-state index contributed by atoms with van der Waals surface area (Å²) in [5, 5.41) is 10.3. The van der Waals surface area contributed by atoms with Gasteiger partial charge in [0.1, 0.15) is 12.1 Å². The zero-order chi connectivity index (χ0) is 36.6. The lowest BCUT2D eigenvalue weighted by molar-refractivity contribution is -0.145. The van der Waals surface area contributed by atoms with Crippen LogP contribution in [0.15, 0.2) is 60.7 Å². The molecule has 0 aliphatic carbocycles. The number of hydrazine groups is 1. The average molecular weight is 729 g/mol. The summed E-state index contributed by atoms with van der Waals surface area (Å²) in [6.45, 7) is 7.22.